The fourth-order valence-corrected chi connectivity index (χ4v) is 0.912. The van der Waals surface area contributed by atoms with Crippen LogP contribution in [0.5, 0.6) is 0 Å². The van der Waals surface area contributed by atoms with Crippen LogP contribution >= 0.6 is 0 Å². The normalized spacial score (nSPS) is 9.59. The van der Waals surface area contributed by atoms with Crippen LogP contribution in [-0.4, -0.2) is 16.7 Å². The van der Waals surface area contributed by atoms with Crippen molar-refractivity contribution in [1.29, 1.82) is 0 Å². The van der Waals surface area contributed by atoms with E-state index < -0.39 is 11.7 Å². The van der Waals surface area contributed by atoms with Crippen LogP contribution in [0.15, 0.2) is 18.5 Å². The van der Waals surface area contributed by atoms with E-state index in [4.69, 9.17) is 4.74 Å². The number of carbonyl (C=O) groups excluding carboxylic acids is 1. The number of hydrogen-bond acceptors (Lipinski definition) is 3. The van der Waals surface area contributed by atoms with Gasteiger partial charge < -0.3 is 15.0 Å². The summed E-state index contributed by atoms with van der Waals surface area (Å²) < 4.78 is 5.04. The molecule has 0 fully saturated rings. The van der Waals surface area contributed by atoms with Crippen molar-refractivity contribution < 1.29 is 47.3 Å². The van der Waals surface area contributed by atoms with Crippen molar-refractivity contribution in [2.24, 2.45) is 0 Å². The van der Waals surface area contributed by atoms with Gasteiger partial charge in [0.25, 0.3) is 0 Å². The molecule has 0 atom stereocenters. The van der Waals surface area contributed by atoms with Crippen LogP contribution in [0.1, 0.15) is 26.3 Å². The summed E-state index contributed by atoms with van der Waals surface area (Å²) in [7, 11) is 0. The van der Waals surface area contributed by atoms with Crippen molar-refractivity contribution in [1.82, 2.24) is 4.98 Å². The molecule has 0 aromatic carbocycles. The van der Waals surface area contributed by atoms with Gasteiger partial charge in [0.1, 0.15) is 5.60 Å². The molecule has 0 unspecified atom stereocenters. The molecular formula is C11H14Li2N2O2. The first-order chi connectivity index (χ1) is 6.88. The van der Waals surface area contributed by atoms with Crippen molar-refractivity contribution in [3.8, 4) is 0 Å². The van der Waals surface area contributed by atoms with Gasteiger partial charge in [-0.05, 0) is 27.0 Å². The molecule has 1 aromatic rings. The number of hydrogen-bond donors (Lipinski definition) is 0. The molecule has 17 heavy (non-hydrogen) atoms. The van der Waals surface area contributed by atoms with Gasteiger partial charge in [-0.25, -0.2) is 5.69 Å². The van der Waals surface area contributed by atoms with Crippen molar-refractivity contribution in [3.63, 3.8) is 0 Å². The molecule has 1 rings (SSSR count). The number of aromatic nitrogens is 1. The van der Waals surface area contributed by atoms with Crippen LogP contribution in [0.25, 0.3) is 5.32 Å². The first-order valence-corrected chi connectivity index (χ1v) is 4.59. The Bertz CT molecular complexity index is 365. The van der Waals surface area contributed by atoms with E-state index in [1.165, 1.54) is 0 Å². The maximum absolute atomic E-state index is 11.3. The van der Waals surface area contributed by atoms with Gasteiger partial charge in [-0.3, -0.25) is 4.79 Å². The van der Waals surface area contributed by atoms with E-state index in [1.54, 1.807) is 39.2 Å². The maximum Gasteiger partial charge on any atom is 1.00 e. The number of rotatable bonds is 1. The number of nitrogens with zero attached hydrogens (tertiary/aromatic N) is 2. The fourth-order valence-electron chi connectivity index (χ4n) is 0.912. The molecule has 0 bridgehead atoms. The summed E-state index contributed by atoms with van der Waals surface area (Å²) in [6, 6.07) is 1.62. The molecule has 82 valence electrons. The van der Waals surface area contributed by atoms with Crippen LogP contribution in [-0.2, 0) is 4.74 Å². The third kappa shape index (κ3) is 7.42. The van der Waals surface area contributed by atoms with Crippen LogP contribution in [0.4, 0.5) is 10.5 Å². The van der Waals surface area contributed by atoms with E-state index in [-0.39, 0.29) is 37.7 Å². The third-order valence-corrected chi connectivity index (χ3v) is 1.48. The Morgan fingerprint density at radius 1 is 1.41 bits per heavy atom. The minimum absolute atomic E-state index is 0. The smallest absolute Gasteiger partial charge is 0.649 e. The van der Waals surface area contributed by atoms with E-state index >= 15 is 0 Å². The van der Waals surface area contributed by atoms with Crippen LogP contribution in [0, 0.1) is 6.92 Å². The Kier molecular flexibility index (Phi) is 8.58. The number of pyridine rings is 1. The predicted molar refractivity (Wildman–Crippen MR) is 57.9 cm³/mol. The van der Waals surface area contributed by atoms with E-state index in [0.717, 1.165) is 0 Å². The second kappa shape index (κ2) is 7.74. The zero-order valence-electron chi connectivity index (χ0n) is 11.2. The quantitative estimate of drug-likeness (QED) is 0.380. The third-order valence-electron chi connectivity index (χ3n) is 1.48. The summed E-state index contributed by atoms with van der Waals surface area (Å²) in [5.74, 6) is 0. The van der Waals surface area contributed by atoms with Gasteiger partial charge in [0, 0.05) is 0 Å². The largest absolute Gasteiger partial charge is 1.00 e. The van der Waals surface area contributed by atoms with Crippen molar-refractivity contribution in [2.75, 3.05) is 0 Å². The number of amides is 1. The molecule has 1 heterocycles. The molecule has 0 saturated carbocycles. The van der Waals surface area contributed by atoms with Gasteiger partial charge in [-0.1, -0.05) is 6.20 Å². The Morgan fingerprint density at radius 3 is 2.47 bits per heavy atom. The summed E-state index contributed by atoms with van der Waals surface area (Å²) in [6.45, 7) is 9.08. The van der Waals surface area contributed by atoms with Gasteiger partial charge in [0.2, 0.25) is 6.09 Å². The van der Waals surface area contributed by atoms with Crippen molar-refractivity contribution in [2.45, 2.75) is 26.4 Å². The Hall–Kier alpha value is -0.515. The topological polar surface area (TPSA) is 53.3 Å². The minimum Gasteiger partial charge on any atom is -0.649 e. The predicted octanol–water partition coefficient (Wildman–Crippen LogP) is -2.79. The number of carbonyl (C=O) groups is 1. The summed E-state index contributed by atoms with van der Waals surface area (Å²) in [4.78, 5) is 15.2. The second-order valence-corrected chi connectivity index (χ2v) is 4.10. The molecule has 0 aliphatic carbocycles. The van der Waals surface area contributed by atoms with Gasteiger partial charge in [-0.2, -0.15) is 12.5 Å². The first-order valence-electron chi connectivity index (χ1n) is 4.59. The zero-order chi connectivity index (χ0) is 11.5. The second-order valence-electron chi connectivity index (χ2n) is 4.10. The molecule has 1 amide bonds. The Balaban J connectivity index is 0. The van der Waals surface area contributed by atoms with E-state index in [2.05, 4.69) is 17.2 Å². The summed E-state index contributed by atoms with van der Waals surface area (Å²) >= 11 is 0. The average molecular weight is 220 g/mol. The molecule has 4 nitrogen and oxygen atoms in total. The molecule has 0 N–H and O–H groups in total. The molecule has 0 radical (unpaired) electrons. The molecule has 0 aliphatic rings. The first kappa shape index (κ1) is 18.8. The Morgan fingerprint density at radius 2 is 2.00 bits per heavy atom. The monoisotopic (exact) mass is 220 g/mol. The van der Waals surface area contributed by atoms with Crippen molar-refractivity contribution in [3.05, 3.63) is 36.3 Å². The average Bonchev–Trinajstić information content (AvgIpc) is 2.05. The zero-order valence-corrected chi connectivity index (χ0v) is 11.2. The fraction of sp³-hybridized carbons (Fsp3) is 0.364. The van der Waals surface area contributed by atoms with Crippen LogP contribution in [0.2, 0.25) is 0 Å². The van der Waals surface area contributed by atoms with E-state index in [1.807, 2.05) is 0 Å². The van der Waals surface area contributed by atoms with Gasteiger partial charge >= 0.3 is 37.7 Å². The van der Waals surface area contributed by atoms with Gasteiger partial charge in [0.05, 0.1) is 0 Å². The molecule has 0 spiro atoms. The molecule has 1 aromatic heterocycles. The molecule has 0 aliphatic heterocycles. The van der Waals surface area contributed by atoms with Crippen LogP contribution in [0.3, 0.4) is 0 Å². The standard InChI is InChI=1S/C11H15N2O2.2Li/c1-8-7-12-6-5-9(8)13-10(14)15-11(2,3)4;;/h5-7H,1H2,2-4H3,(H,12,13,14);;/q-1;2*+1/p-1. The van der Waals surface area contributed by atoms with Crippen molar-refractivity contribution >= 4 is 11.8 Å². The van der Waals surface area contributed by atoms with E-state index in [0.29, 0.717) is 11.3 Å². The Labute approximate surface area is 126 Å². The maximum atomic E-state index is 11.3. The summed E-state index contributed by atoms with van der Waals surface area (Å²) in [6.07, 6.45) is 2.49. The van der Waals surface area contributed by atoms with Crippen LogP contribution < -0.4 is 37.7 Å². The van der Waals surface area contributed by atoms with E-state index in [9.17, 15) is 4.79 Å². The van der Waals surface area contributed by atoms with Gasteiger partial charge in [0.15, 0.2) is 0 Å². The van der Waals surface area contributed by atoms with Gasteiger partial charge in [-0.15, -0.1) is 6.07 Å². The minimum atomic E-state index is -0.612. The number of ether oxygens (including phenoxy) is 1. The summed E-state index contributed by atoms with van der Waals surface area (Å²) in [5, 5.41) is 3.78. The molecule has 6 heteroatoms. The SMILES string of the molecule is [CH2-]c1cnccc1[N-]C(=O)OC(C)(C)C.[Li+].[Li+]. The molecule has 0 saturated heterocycles. The summed E-state index contributed by atoms with van der Waals surface area (Å²) in [5.41, 5.74) is 0.553. The molecular weight excluding hydrogens is 206 g/mol.